The number of methoxy groups -OCH3 is 1. The van der Waals surface area contributed by atoms with E-state index in [2.05, 4.69) is 20.0 Å². The summed E-state index contributed by atoms with van der Waals surface area (Å²) in [5.41, 5.74) is 2.10. The van der Waals surface area contributed by atoms with Gasteiger partial charge in [-0.05, 0) is 25.7 Å². The summed E-state index contributed by atoms with van der Waals surface area (Å²) < 4.78 is 4.64. The van der Waals surface area contributed by atoms with Crippen molar-refractivity contribution in [3.8, 4) is 0 Å². The number of ether oxygens (including phenoxy) is 1. The summed E-state index contributed by atoms with van der Waals surface area (Å²) in [6.07, 6.45) is 6.74. The number of aliphatic hydroxyl groups excluding tert-OH is 1. The van der Waals surface area contributed by atoms with E-state index in [0.29, 0.717) is 5.82 Å². The fourth-order valence-electron chi connectivity index (χ4n) is 2.31. The average molecular weight is 265 g/mol. The molecule has 1 aromatic heterocycles. The third kappa shape index (κ3) is 3.20. The predicted octanol–water partition coefficient (Wildman–Crippen LogP) is 0.691. The molecular weight excluding hydrogens is 246 g/mol. The van der Waals surface area contributed by atoms with Crippen LogP contribution in [0.15, 0.2) is 6.33 Å². The van der Waals surface area contributed by atoms with Crippen LogP contribution in [-0.4, -0.2) is 40.8 Å². The zero-order chi connectivity index (χ0) is 13.7. The van der Waals surface area contributed by atoms with Crippen molar-refractivity contribution in [2.75, 3.05) is 19.0 Å². The number of aliphatic hydroxyl groups is 1. The first-order valence-corrected chi connectivity index (χ1v) is 6.54. The molecule has 0 spiro atoms. The van der Waals surface area contributed by atoms with Crippen LogP contribution in [0.5, 0.6) is 0 Å². The Labute approximate surface area is 112 Å². The highest BCUT2D eigenvalue weighted by Gasteiger charge is 2.21. The lowest BCUT2D eigenvalue weighted by Crippen LogP contribution is -2.35. The van der Waals surface area contributed by atoms with Crippen LogP contribution in [-0.2, 0) is 22.4 Å². The minimum Gasteiger partial charge on any atom is -0.467 e. The van der Waals surface area contributed by atoms with Crippen LogP contribution < -0.4 is 5.32 Å². The second kappa shape index (κ2) is 6.47. The summed E-state index contributed by atoms with van der Waals surface area (Å²) in [6, 6.07) is -0.785. The van der Waals surface area contributed by atoms with Crippen LogP contribution in [0.1, 0.15) is 30.5 Å². The molecule has 0 fully saturated rings. The maximum absolute atomic E-state index is 11.5. The van der Waals surface area contributed by atoms with E-state index in [0.717, 1.165) is 36.9 Å². The highest BCUT2D eigenvalue weighted by molar-refractivity contribution is 5.79. The molecule has 0 bridgehead atoms. The lowest BCUT2D eigenvalue weighted by atomic mass is 10.1. The van der Waals surface area contributed by atoms with Gasteiger partial charge >= 0.3 is 5.97 Å². The molecule has 2 rings (SSSR count). The molecule has 19 heavy (non-hydrogen) atoms. The van der Waals surface area contributed by atoms with Crippen LogP contribution in [0.3, 0.4) is 0 Å². The molecule has 1 aliphatic carbocycles. The molecule has 1 aromatic rings. The fourth-order valence-corrected chi connectivity index (χ4v) is 2.31. The molecule has 1 atom stereocenters. The zero-order valence-corrected chi connectivity index (χ0v) is 11.1. The molecule has 1 aliphatic rings. The largest absolute Gasteiger partial charge is 0.467 e. The number of nitrogens with one attached hydrogen (secondary N) is 1. The van der Waals surface area contributed by atoms with Gasteiger partial charge in [-0.1, -0.05) is 6.42 Å². The Hall–Kier alpha value is -1.69. The van der Waals surface area contributed by atoms with Gasteiger partial charge in [-0.3, -0.25) is 0 Å². The van der Waals surface area contributed by atoms with Crippen LogP contribution >= 0.6 is 0 Å². The second-order valence-electron chi connectivity index (χ2n) is 4.61. The van der Waals surface area contributed by atoms with E-state index >= 15 is 0 Å². The smallest absolute Gasteiger partial charge is 0.330 e. The normalized spacial score (nSPS) is 16.1. The SMILES string of the molecule is COC(=O)C(CO)Nc1ncnc2c1CCCCC2. The van der Waals surface area contributed by atoms with Crippen molar-refractivity contribution in [2.24, 2.45) is 0 Å². The quantitative estimate of drug-likeness (QED) is 0.615. The molecular formula is C13H19N3O3. The van der Waals surface area contributed by atoms with Gasteiger partial charge in [0, 0.05) is 11.3 Å². The highest BCUT2D eigenvalue weighted by atomic mass is 16.5. The average Bonchev–Trinajstić information content (AvgIpc) is 2.69. The van der Waals surface area contributed by atoms with Crippen molar-refractivity contribution in [1.82, 2.24) is 9.97 Å². The molecule has 6 heteroatoms. The minimum absolute atomic E-state index is 0.328. The standard InChI is InChI=1S/C13H19N3O3/c1-19-13(18)11(7-17)16-12-9-5-3-2-4-6-10(9)14-8-15-12/h8,11,17H,2-7H2,1H3,(H,14,15,16). The van der Waals surface area contributed by atoms with Gasteiger partial charge in [0.05, 0.1) is 13.7 Å². The van der Waals surface area contributed by atoms with Crippen molar-refractivity contribution in [3.05, 3.63) is 17.6 Å². The van der Waals surface area contributed by atoms with E-state index < -0.39 is 12.0 Å². The van der Waals surface area contributed by atoms with Gasteiger partial charge in [0.1, 0.15) is 18.2 Å². The van der Waals surface area contributed by atoms with Crippen LogP contribution in [0.4, 0.5) is 5.82 Å². The number of fused-ring (bicyclic) bond motifs is 1. The number of hydrogen-bond donors (Lipinski definition) is 2. The first-order valence-electron chi connectivity index (χ1n) is 6.54. The van der Waals surface area contributed by atoms with Gasteiger partial charge in [0.25, 0.3) is 0 Å². The molecule has 0 amide bonds. The number of rotatable bonds is 4. The number of aryl methyl sites for hydroxylation is 1. The minimum atomic E-state index is -0.785. The highest BCUT2D eigenvalue weighted by Crippen LogP contribution is 2.24. The summed E-state index contributed by atoms with van der Waals surface area (Å²) in [7, 11) is 1.30. The first kappa shape index (κ1) is 13.7. The topological polar surface area (TPSA) is 84.3 Å². The molecule has 0 saturated heterocycles. The van der Waals surface area contributed by atoms with E-state index in [1.807, 2.05) is 0 Å². The van der Waals surface area contributed by atoms with E-state index in [1.54, 1.807) is 0 Å². The Morgan fingerprint density at radius 2 is 2.21 bits per heavy atom. The van der Waals surface area contributed by atoms with E-state index in [1.165, 1.54) is 19.9 Å². The van der Waals surface area contributed by atoms with Gasteiger partial charge in [0.2, 0.25) is 0 Å². The fraction of sp³-hybridized carbons (Fsp3) is 0.615. The monoisotopic (exact) mass is 265 g/mol. The van der Waals surface area contributed by atoms with Crippen molar-refractivity contribution < 1.29 is 14.6 Å². The van der Waals surface area contributed by atoms with Gasteiger partial charge in [-0.2, -0.15) is 0 Å². The molecule has 6 nitrogen and oxygen atoms in total. The first-order chi connectivity index (χ1) is 9.26. The predicted molar refractivity (Wildman–Crippen MR) is 69.8 cm³/mol. The van der Waals surface area contributed by atoms with E-state index in [-0.39, 0.29) is 6.61 Å². The third-order valence-electron chi connectivity index (χ3n) is 3.35. The summed E-state index contributed by atoms with van der Waals surface area (Å²) in [5.74, 6) is 0.139. The number of esters is 1. The van der Waals surface area contributed by atoms with Crippen molar-refractivity contribution in [3.63, 3.8) is 0 Å². The van der Waals surface area contributed by atoms with Crippen LogP contribution in [0.25, 0.3) is 0 Å². The molecule has 1 heterocycles. The molecule has 0 radical (unpaired) electrons. The summed E-state index contributed by atoms with van der Waals surface area (Å²) >= 11 is 0. The van der Waals surface area contributed by atoms with Gasteiger partial charge < -0.3 is 15.2 Å². The number of anilines is 1. The Morgan fingerprint density at radius 1 is 1.42 bits per heavy atom. The lowest BCUT2D eigenvalue weighted by Gasteiger charge is -2.17. The van der Waals surface area contributed by atoms with Crippen molar-refractivity contribution >= 4 is 11.8 Å². The van der Waals surface area contributed by atoms with Crippen molar-refractivity contribution in [1.29, 1.82) is 0 Å². The number of hydrogen-bond acceptors (Lipinski definition) is 6. The van der Waals surface area contributed by atoms with Crippen LogP contribution in [0, 0.1) is 0 Å². The Kier molecular flexibility index (Phi) is 4.68. The van der Waals surface area contributed by atoms with Crippen molar-refractivity contribution in [2.45, 2.75) is 38.1 Å². The maximum atomic E-state index is 11.5. The number of carbonyl (C=O) groups is 1. The van der Waals surface area contributed by atoms with Gasteiger partial charge in [-0.15, -0.1) is 0 Å². The van der Waals surface area contributed by atoms with E-state index in [4.69, 9.17) is 0 Å². The Morgan fingerprint density at radius 3 is 2.95 bits per heavy atom. The maximum Gasteiger partial charge on any atom is 0.330 e. The summed E-state index contributed by atoms with van der Waals surface area (Å²) in [4.78, 5) is 20.0. The molecule has 1 unspecified atom stereocenters. The van der Waals surface area contributed by atoms with Gasteiger partial charge in [-0.25, -0.2) is 14.8 Å². The van der Waals surface area contributed by atoms with Crippen LogP contribution in [0.2, 0.25) is 0 Å². The summed E-state index contributed by atoms with van der Waals surface area (Å²) in [5, 5.41) is 12.2. The number of nitrogens with zero attached hydrogens (tertiary/aromatic N) is 2. The molecule has 0 saturated carbocycles. The van der Waals surface area contributed by atoms with Gasteiger partial charge in [0.15, 0.2) is 0 Å². The Balaban J connectivity index is 2.22. The molecule has 0 aromatic carbocycles. The summed E-state index contributed by atoms with van der Waals surface area (Å²) in [6.45, 7) is -0.328. The number of aromatic nitrogens is 2. The Bertz CT molecular complexity index is 451. The molecule has 2 N–H and O–H groups in total. The van der Waals surface area contributed by atoms with E-state index in [9.17, 15) is 9.90 Å². The number of carbonyl (C=O) groups excluding carboxylic acids is 1. The zero-order valence-electron chi connectivity index (χ0n) is 11.1. The molecule has 0 aliphatic heterocycles. The third-order valence-corrected chi connectivity index (χ3v) is 3.35. The second-order valence-corrected chi connectivity index (χ2v) is 4.61. The lowest BCUT2D eigenvalue weighted by molar-refractivity contribution is -0.142. The molecule has 104 valence electrons.